The number of nitrogens with one attached hydrogen (secondary N) is 2. The number of hydrogen-bond donors (Lipinski definition) is 3. The van der Waals surface area contributed by atoms with Gasteiger partial charge >= 0.3 is 6.18 Å². The Hall–Kier alpha value is -2.17. The summed E-state index contributed by atoms with van der Waals surface area (Å²) < 4.78 is 45.4. The fourth-order valence-corrected chi connectivity index (χ4v) is 4.14. The van der Waals surface area contributed by atoms with E-state index in [1.54, 1.807) is 19.2 Å². The first-order valence-electron chi connectivity index (χ1n) is 7.29. The number of pyridine rings is 1. The minimum absolute atomic E-state index is 0.123. The Balaban J connectivity index is 2.01. The van der Waals surface area contributed by atoms with Crippen LogP contribution in [0.15, 0.2) is 17.1 Å². The van der Waals surface area contributed by atoms with E-state index < -0.39 is 29.6 Å². The molecule has 0 spiro atoms. The number of nitrogens with zero attached hydrogens (tertiary/aromatic N) is 1. The number of aliphatic hydroxyl groups is 1. The van der Waals surface area contributed by atoms with E-state index in [9.17, 15) is 23.1 Å². The van der Waals surface area contributed by atoms with Crippen molar-refractivity contribution in [3.63, 3.8) is 0 Å². The lowest BCUT2D eigenvalue weighted by molar-refractivity contribution is -0.289. The summed E-state index contributed by atoms with van der Waals surface area (Å²) in [5.74, 6) is 0. The normalized spacial score (nSPS) is 20.8. The zero-order valence-corrected chi connectivity index (χ0v) is 13.6. The maximum atomic E-state index is 13.4. The van der Waals surface area contributed by atoms with Crippen molar-refractivity contribution in [1.29, 1.82) is 0 Å². The number of aromatic nitrogens is 3. The Morgan fingerprint density at radius 3 is 2.84 bits per heavy atom. The van der Waals surface area contributed by atoms with Gasteiger partial charge in [0.05, 0.1) is 25.1 Å². The van der Waals surface area contributed by atoms with E-state index in [1.165, 1.54) is 0 Å². The summed E-state index contributed by atoms with van der Waals surface area (Å²) in [5, 5.41) is 17.2. The molecule has 0 amide bonds. The molecule has 3 N–H and O–H groups in total. The number of fused-ring (bicyclic) bond motifs is 3. The monoisotopic (exact) mass is 371 g/mol. The van der Waals surface area contributed by atoms with Crippen molar-refractivity contribution >= 4 is 21.4 Å². The molecule has 3 aromatic rings. The van der Waals surface area contributed by atoms with Crippen LogP contribution in [0.1, 0.15) is 17.0 Å². The van der Waals surface area contributed by atoms with Crippen LogP contribution in [-0.4, -0.2) is 33.1 Å². The lowest BCUT2D eigenvalue weighted by Crippen LogP contribution is -2.50. The number of alkyl halides is 3. The van der Waals surface area contributed by atoms with Gasteiger partial charge in [0.2, 0.25) is 5.60 Å². The number of thiophene rings is 1. The van der Waals surface area contributed by atoms with Gasteiger partial charge < -0.3 is 14.8 Å². The molecule has 0 radical (unpaired) electrons. The zero-order valence-electron chi connectivity index (χ0n) is 12.8. The first-order chi connectivity index (χ1) is 11.7. The van der Waals surface area contributed by atoms with Crippen molar-refractivity contribution in [1.82, 2.24) is 15.2 Å². The summed E-state index contributed by atoms with van der Waals surface area (Å²) in [6, 6.07) is 1.64. The van der Waals surface area contributed by atoms with Crippen molar-refractivity contribution in [3.05, 3.63) is 39.6 Å². The van der Waals surface area contributed by atoms with Crippen LogP contribution >= 0.6 is 11.3 Å². The van der Waals surface area contributed by atoms with Crippen molar-refractivity contribution in [2.75, 3.05) is 6.61 Å². The highest BCUT2D eigenvalue weighted by molar-refractivity contribution is 7.22. The Morgan fingerprint density at radius 1 is 1.44 bits per heavy atom. The van der Waals surface area contributed by atoms with Crippen LogP contribution in [0, 0.1) is 6.92 Å². The Kier molecular flexibility index (Phi) is 3.37. The minimum Gasteiger partial charge on any atom is -0.373 e. The maximum Gasteiger partial charge on any atom is 0.425 e. The van der Waals surface area contributed by atoms with Crippen LogP contribution in [-0.2, 0) is 16.9 Å². The molecule has 4 heterocycles. The molecule has 1 atom stereocenters. The first kappa shape index (κ1) is 16.3. The topological polar surface area (TPSA) is 91.0 Å². The summed E-state index contributed by atoms with van der Waals surface area (Å²) >= 11 is 1.15. The van der Waals surface area contributed by atoms with E-state index >= 15 is 0 Å². The molecule has 132 valence electrons. The van der Waals surface area contributed by atoms with Gasteiger partial charge in [0.25, 0.3) is 5.56 Å². The summed E-state index contributed by atoms with van der Waals surface area (Å²) in [5.41, 5.74) is -2.77. The smallest absolute Gasteiger partial charge is 0.373 e. The lowest BCUT2D eigenvalue weighted by atomic mass is 9.91. The van der Waals surface area contributed by atoms with Crippen molar-refractivity contribution in [2.24, 2.45) is 0 Å². The van der Waals surface area contributed by atoms with E-state index in [1.807, 2.05) is 0 Å². The van der Waals surface area contributed by atoms with Crippen molar-refractivity contribution in [3.8, 4) is 10.4 Å². The number of H-pyrrole nitrogens is 2. The summed E-state index contributed by atoms with van der Waals surface area (Å²) in [6.45, 7) is 0.724. The van der Waals surface area contributed by atoms with Gasteiger partial charge in [-0.1, -0.05) is 0 Å². The fraction of sp³-hybridized carbons (Fsp3) is 0.333. The number of hydrogen-bond acceptors (Lipinski definition) is 5. The van der Waals surface area contributed by atoms with Gasteiger partial charge in [-0.05, 0) is 13.0 Å². The van der Waals surface area contributed by atoms with Gasteiger partial charge in [0.15, 0.2) is 0 Å². The second kappa shape index (κ2) is 5.16. The third kappa shape index (κ3) is 2.25. The summed E-state index contributed by atoms with van der Waals surface area (Å²) in [4.78, 5) is 15.3. The second-order valence-corrected chi connectivity index (χ2v) is 6.97. The van der Waals surface area contributed by atoms with E-state index in [0.717, 1.165) is 22.6 Å². The van der Waals surface area contributed by atoms with Gasteiger partial charge in [0, 0.05) is 27.1 Å². The van der Waals surface area contributed by atoms with E-state index in [-0.39, 0.29) is 16.9 Å². The van der Waals surface area contributed by atoms with Gasteiger partial charge in [-0.2, -0.15) is 18.3 Å². The first-order valence-corrected chi connectivity index (χ1v) is 8.10. The Morgan fingerprint density at radius 2 is 2.20 bits per heavy atom. The number of aromatic amines is 2. The van der Waals surface area contributed by atoms with Crippen LogP contribution in [0.5, 0.6) is 0 Å². The predicted molar refractivity (Wildman–Crippen MR) is 84.4 cm³/mol. The Labute approximate surface area is 142 Å². The molecule has 10 heteroatoms. The fourth-order valence-electron chi connectivity index (χ4n) is 3.00. The third-order valence-corrected chi connectivity index (χ3v) is 5.51. The number of halogens is 3. The summed E-state index contributed by atoms with van der Waals surface area (Å²) in [6.07, 6.45) is -3.39. The molecule has 0 aliphatic carbocycles. The lowest BCUT2D eigenvalue weighted by Gasteiger charge is -2.35. The van der Waals surface area contributed by atoms with Crippen LogP contribution in [0.3, 0.4) is 0 Å². The minimum atomic E-state index is -4.97. The Bertz CT molecular complexity index is 1040. The molecule has 3 aromatic heterocycles. The third-order valence-electron chi connectivity index (χ3n) is 4.34. The number of aryl methyl sites for hydroxylation is 1. The molecular weight excluding hydrogens is 359 g/mol. The van der Waals surface area contributed by atoms with Crippen LogP contribution < -0.4 is 5.56 Å². The van der Waals surface area contributed by atoms with Gasteiger partial charge in [-0.15, -0.1) is 11.3 Å². The predicted octanol–water partition coefficient (Wildman–Crippen LogP) is 2.57. The van der Waals surface area contributed by atoms with Crippen LogP contribution in [0.25, 0.3) is 20.5 Å². The molecule has 0 bridgehead atoms. The molecule has 1 aliphatic heterocycles. The molecule has 0 aromatic carbocycles. The van der Waals surface area contributed by atoms with Crippen molar-refractivity contribution < 1.29 is 23.0 Å². The van der Waals surface area contributed by atoms with E-state index in [4.69, 9.17) is 4.74 Å². The van der Waals surface area contributed by atoms with Crippen molar-refractivity contribution in [2.45, 2.75) is 25.3 Å². The highest BCUT2D eigenvalue weighted by Crippen LogP contribution is 2.44. The SMILES string of the molecule is Cc1[nH]ncc1-c1cc2c3c([nH]c(=O)c2s1)[C@](O)(C(F)(F)F)COC3. The van der Waals surface area contributed by atoms with Crippen LogP contribution in [0.2, 0.25) is 0 Å². The van der Waals surface area contributed by atoms with Gasteiger partial charge in [0.1, 0.15) is 4.70 Å². The maximum absolute atomic E-state index is 13.4. The van der Waals surface area contributed by atoms with E-state index in [2.05, 4.69) is 15.2 Å². The number of rotatable bonds is 1. The standard InChI is InChI=1S/C15H12F3N3O3S/c1-6-8(3-19-21-6)10-2-7-9-4-24-5-14(23,15(16,17)18)12(9)20-13(22)11(7)25-10/h2-3,23H,4-5H2,1H3,(H,19,21)(H,20,22)/t14-/m0/s1. The molecule has 0 fully saturated rings. The zero-order chi connectivity index (χ0) is 18.0. The molecule has 0 saturated carbocycles. The average Bonchev–Trinajstić information content (AvgIpc) is 3.14. The van der Waals surface area contributed by atoms with Crippen LogP contribution in [0.4, 0.5) is 13.2 Å². The molecule has 1 aliphatic rings. The number of ether oxygens (including phenoxy) is 1. The molecule has 25 heavy (non-hydrogen) atoms. The van der Waals surface area contributed by atoms with Gasteiger partial charge in [-0.3, -0.25) is 9.89 Å². The molecule has 6 nitrogen and oxygen atoms in total. The highest BCUT2D eigenvalue weighted by atomic mass is 32.1. The molecule has 4 rings (SSSR count). The molecule has 0 unspecified atom stereocenters. The second-order valence-electron chi connectivity index (χ2n) is 5.92. The molecule has 0 saturated heterocycles. The largest absolute Gasteiger partial charge is 0.425 e. The highest BCUT2D eigenvalue weighted by Gasteiger charge is 2.58. The summed E-state index contributed by atoms with van der Waals surface area (Å²) in [7, 11) is 0. The average molecular weight is 371 g/mol. The molecular formula is C15H12F3N3O3S. The van der Waals surface area contributed by atoms with E-state index in [0.29, 0.717) is 10.3 Å². The quantitative estimate of drug-likeness (QED) is 0.613. The van der Waals surface area contributed by atoms with Gasteiger partial charge in [-0.25, -0.2) is 0 Å².